The van der Waals surface area contributed by atoms with Crippen LogP contribution in [0, 0.1) is 12.7 Å². The number of aromatic nitrogens is 2. The highest BCUT2D eigenvalue weighted by Crippen LogP contribution is 2.29. The minimum Gasteiger partial charge on any atom is -0.438 e. The van der Waals surface area contributed by atoms with Crippen LogP contribution in [0.15, 0.2) is 66.2 Å². The summed E-state index contributed by atoms with van der Waals surface area (Å²) < 4.78 is 20.4. The van der Waals surface area contributed by atoms with Crippen molar-refractivity contribution >= 4 is 23.2 Å². The molecule has 1 saturated carbocycles. The van der Waals surface area contributed by atoms with E-state index in [4.69, 9.17) is 4.74 Å². The quantitative estimate of drug-likeness (QED) is 0.189. The predicted molar refractivity (Wildman–Crippen MR) is 182 cm³/mol. The third-order valence-electron chi connectivity index (χ3n) is 8.76. The van der Waals surface area contributed by atoms with Crippen LogP contribution in [0.3, 0.4) is 0 Å². The van der Waals surface area contributed by atoms with E-state index in [1.54, 1.807) is 6.07 Å². The first kappa shape index (κ1) is 32.7. The lowest BCUT2D eigenvalue weighted by molar-refractivity contribution is 0.0890. The van der Waals surface area contributed by atoms with Crippen LogP contribution in [0.1, 0.15) is 63.5 Å². The average Bonchev–Trinajstić information content (AvgIpc) is 3.54. The van der Waals surface area contributed by atoms with Crippen molar-refractivity contribution in [3.63, 3.8) is 0 Å². The number of benzene rings is 2. The van der Waals surface area contributed by atoms with Crippen molar-refractivity contribution in [3.05, 3.63) is 93.8 Å². The largest absolute Gasteiger partial charge is 0.438 e. The van der Waals surface area contributed by atoms with Gasteiger partial charge in [0.15, 0.2) is 5.01 Å². The fraction of sp³-hybridized carbons (Fsp3) is 0.389. The molecule has 3 N–H and O–H groups in total. The summed E-state index contributed by atoms with van der Waals surface area (Å²) in [5.74, 6) is -0.682. The molecule has 0 unspecified atom stereocenters. The maximum atomic E-state index is 14.3. The minimum absolute atomic E-state index is 0.0143. The van der Waals surface area contributed by atoms with Crippen LogP contribution < -0.4 is 20.7 Å². The molecule has 2 aliphatic rings. The Balaban J connectivity index is 1.03. The highest BCUT2D eigenvalue weighted by molar-refractivity contribution is 7.11. The summed E-state index contributed by atoms with van der Waals surface area (Å²) in [6.45, 7) is 7.36. The maximum Gasteiger partial charge on any atom is 0.280 e. The molecule has 11 heteroatoms. The standard InChI is InChI=1S/C36H41FN6O3S/c1-24-23-47-36(40-24)34(45)42-30-13-11-29(12-14-30)41-33(44)32-21-28(37)22-39-35(32)46-31-6-2-5-27(20-31)26-9-7-25(8-10-26)4-3-17-43-18-15-38-16-19-43/h2,5-10,20-23,29-30,38H,3-4,11-19H2,1H3,(H,41,44)(H,42,45)/t29-,30-. The van der Waals surface area contributed by atoms with Gasteiger partial charge in [0, 0.05) is 49.3 Å². The zero-order valence-corrected chi connectivity index (χ0v) is 27.5. The first-order valence-corrected chi connectivity index (χ1v) is 17.3. The molecule has 0 bridgehead atoms. The van der Waals surface area contributed by atoms with E-state index in [0.717, 1.165) is 87.5 Å². The van der Waals surface area contributed by atoms with Crippen molar-refractivity contribution < 1.29 is 18.7 Å². The molecule has 0 atom stereocenters. The van der Waals surface area contributed by atoms with Crippen LogP contribution >= 0.6 is 11.3 Å². The van der Waals surface area contributed by atoms with Crippen molar-refractivity contribution in [1.29, 1.82) is 0 Å². The van der Waals surface area contributed by atoms with Crippen molar-refractivity contribution in [2.75, 3.05) is 32.7 Å². The van der Waals surface area contributed by atoms with Gasteiger partial charge < -0.3 is 25.6 Å². The summed E-state index contributed by atoms with van der Waals surface area (Å²) in [4.78, 5) is 36.7. The topological polar surface area (TPSA) is 108 Å². The Hall–Kier alpha value is -4.19. The van der Waals surface area contributed by atoms with Crippen molar-refractivity contribution in [2.24, 2.45) is 0 Å². The summed E-state index contributed by atoms with van der Waals surface area (Å²) >= 11 is 1.33. The van der Waals surface area contributed by atoms with E-state index in [2.05, 4.69) is 55.1 Å². The fourth-order valence-electron chi connectivity index (χ4n) is 6.18. The van der Waals surface area contributed by atoms with Gasteiger partial charge in [-0.2, -0.15) is 0 Å². The summed E-state index contributed by atoms with van der Waals surface area (Å²) in [7, 11) is 0. The van der Waals surface area contributed by atoms with Gasteiger partial charge in [0.25, 0.3) is 11.8 Å². The number of thiazole rings is 1. The second-order valence-electron chi connectivity index (χ2n) is 12.3. The highest BCUT2D eigenvalue weighted by atomic mass is 32.1. The number of nitrogens with one attached hydrogen (secondary N) is 3. The van der Waals surface area contributed by atoms with Crippen LogP contribution in [0.4, 0.5) is 4.39 Å². The molecule has 246 valence electrons. The summed E-state index contributed by atoms with van der Waals surface area (Å²) in [6, 6.07) is 17.2. The first-order valence-electron chi connectivity index (χ1n) is 16.4. The molecular formula is C36H41FN6O3S. The van der Waals surface area contributed by atoms with Crippen molar-refractivity contribution in [3.8, 4) is 22.8 Å². The molecule has 2 aromatic heterocycles. The Morgan fingerprint density at radius 3 is 2.40 bits per heavy atom. The number of aryl methyl sites for hydroxylation is 2. The zero-order valence-electron chi connectivity index (χ0n) is 26.6. The van der Waals surface area contributed by atoms with Gasteiger partial charge in [0.2, 0.25) is 5.88 Å². The zero-order chi connectivity index (χ0) is 32.6. The first-order chi connectivity index (χ1) is 22.9. The fourth-order valence-corrected chi connectivity index (χ4v) is 6.88. The summed E-state index contributed by atoms with van der Waals surface area (Å²) in [6.07, 6.45) is 6.03. The molecule has 0 radical (unpaired) electrons. The molecule has 2 amide bonds. The van der Waals surface area contributed by atoms with Gasteiger partial charge in [-0.25, -0.2) is 14.4 Å². The van der Waals surface area contributed by atoms with Crippen molar-refractivity contribution in [1.82, 2.24) is 30.8 Å². The number of halogens is 1. The van der Waals surface area contributed by atoms with Crippen LogP contribution in [0.5, 0.6) is 11.6 Å². The Morgan fingerprint density at radius 1 is 0.979 bits per heavy atom. The highest BCUT2D eigenvalue weighted by Gasteiger charge is 2.26. The SMILES string of the molecule is Cc1csc(C(=O)N[C@H]2CC[C@H](NC(=O)c3cc(F)cnc3Oc3cccc(-c4ccc(CCCN5CCNCC5)cc4)c3)CC2)n1. The lowest BCUT2D eigenvalue weighted by atomic mass is 9.91. The number of hydrogen-bond acceptors (Lipinski definition) is 8. The van der Waals surface area contributed by atoms with Gasteiger partial charge in [0.05, 0.1) is 6.20 Å². The van der Waals surface area contributed by atoms with E-state index in [9.17, 15) is 14.0 Å². The van der Waals surface area contributed by atoms with E-state index in [0.29, 0.717) is 23.6 Å². The van der Waals surface area contributed by atoms with Gasteiger partial charge in [-0.3, -0.25) is 9.59 Å². The molecule has 1 saturated heterocycles. The van der Waals surface area contributed by atoms with Gasteiger partial charge in [-0.1, -0.05) is 36.4 Å². The third kappa shape index (κ3) is 9.00. The molecule has 1 aliphatic carbocycles. The summed E-state index contributed by atoms with van der Waals surface area (Å²) in [5.41, 5.74) is 4.20. The van der Waals surface area contributed by atoms with E-state index < -0.39 is 11.7 Å². The predicted octanol–water partition coefficient (Wildman–Crippen LogP) is 5.75. The molecule has 3 heterocycles. The normalized spacial score (nSPS) is 18.4. The Morgan fingerprint density at radius 2 is 1.70 bits per heavy atom. The van der Waals surface area contributed by atoms with Gasteiger partial charge >= 0.3 is 0 Å². The molecule has 2 aromatic carbocycles. The molecule has 9 nitrogen and oxygen atoms in total. The lowest BCUT2D eigenvalue weighted by Gasteiger charge is -2.29. The number of pyridine rings is 1. The number of hydrogen-bond donors (Lipinski definition) is 3. The van der Waals surface area contributed by atoms with Crippen molar-refractivity contribution in [2.45, 2.75) is 57.5 Å². The van der Waals surface area contributed by atoms with Gasteiger partial charge in [0.1, 0.15) is 17.1 Å². The Kier molecular flexibility index (Phi) is 10.9. The van der Waals surface area contributed by atoms with E-state index in [1.165, 1.54) is 16.9 Å². The van der Waals surface area contributed by atoms with Gasteiger partial charge in [-0.15, -0.1) is 11.3 Å². The van der Waals surface area contributed by atoms with Crippen LogP contribution in [0.2, 0.25) is 0 Å². The number of nitrogens with zero attached hydrogens (tertiary/aromatic N) is 3. The number of amides is 2. The second kappa shape index (κ2) is 15.6. The van der Waals surface area contributed by atoms with Crippen LogP contribution in [0.25, 0.3) is 11.1 Å². The average molecular weight is 657 g/mol. The molecule has 6 rings (SSSR count). The Bertz CT molecular complexity index is 1670. The van der Waals surface area contributed by atoms with Crippen LogP contribution in [-0.2, 0) is 6.42 Å². The van der Waals surface area contributed by atoms with E-state index >= 15 is 0 Å². The van der Waals surface area contributed by atoms with Crippen LogP contribution in [-0.4, -0.2) is 71.5 Å². The molecule has 1 aliphatic heterocycles. The number of carbonyl (C=O) groups is 2. The monoisotopic (exact) mass is 656 g/mol. The summed E-state index contributed by atoms with van der Waals surface area (Å²) in [5, 5.41) is 11.8. The lowest BCUT2D eigenvalue weighted by Crippen LogP contribution is -2.43. The number of piperazine rings is 1. The molecule has 4 aromatic rings. The Labute approximate surface area is 279 Å². The number of ether oxygens (including phenoxy) is 1. The second-order valence-corrected chi connectivity index (χ2v) is 13.2. The number of carbonyl (C=O) groups excluding carboxylic acids is 2. The van der Waals surface area contributed by atoms with Gasteiger partial charge in [-0.05, 0) is 86.9 Å². The minimum atomic E-state index is -0.617. The maximum absolute atomic E-state index is 14.3. The molecule has 47 heavy (non-hydrogen) atoms. The smallest absolute Gasteiger partial charge is 0.280 e. The third-order valence-corrected chi connectivity index (χ3v) is 9.72. The number of rotatable bonds is 11. The van der Waals surface area contributed by atoms with E-state index in [-0.39, 0.29) is 29.4 Å². The molecular weight excluding hydrogens is 616 g/mol. The molecule has 0 spiro atoms. The van der Waals surface area contributed by atoms with E-state index in [1.807, 2.05) is 30.5 Å². The molecule has 2 fully saturated rings.